The molecule has 1 N–H and O–H groups in total. The van der Waals surface area contributed by atoms with Crippen LogP contribution in [0.15, 0.2) is 36.4 Å². The van der Waals surface area contributed by atoms with Gasteiger partial charge >= 0.3 is 0 Å². The molecule has 1 aromatic carbocycles. The molecule has 0 saturated carbocycles. The van der Waals surface area contributed by atoms with E-state index in [0.717, 1.165) is 5.56 Å². The van der Waals surface area contributed by atoms with E-state index in [1.165, 1.54) is 0 Å². The fourth-order valence-corrected chi connectivity index (χ4v) is 2.24. The van der Waals surface area contributed by atoms with Crippen molar-refractivity contribution < 1.29 is 14.7 Å². The van der Waals surface area contributed by atoms with Gasteiger partial charge in [0.2, 0.25) is 5.91 Å². The molecule has 19 heavy (non-hydrogen) atoms. The minimum Gasteiger partial charge on any atom is -0.550 e. The maximum Gasteiger partial charge on any atom is 0.228 e. The summed E-state index contributed by atoms with van der Waals surface area (Å²) in [6, 6.07) is 7.40. The molecule has 100 valence electrons. The van der Waals surface area contributed by atoms with Gasteiger partial charge in [-0.1, -0.05) is 29.8 Å². The van der Waals surface area contributed by atoms with Crippen LogP contribution in [0, 0.1) is 18.8 Å². The van der Waals surface area contributed by atoms with Crippen LogP contribution in [0.3, 0.4) is 0 Å². The number of carboxylic acid groups (broad SMARTS) is 1. The summed E-state index contributed by atoms with van der Waals surface area (Å²) >= 11 is 0. The van der Waals surface area contributed by atoms with Gasteiger partial charge in [-0.3, -0.25) is 4.79 Å². The Morgan fingerprint density at radius 1 is 1.11 bits per heavy atom. The molecule has 0 bridgehead atoms. The van der Waals surface area contributed by atoms with E-state index in [9.17, 15) is 14.7 Å². The first-order valence-electron chi connectivity index (χ1n) is 6.31. The van der Waals surface area contributed by atoms with Crippen molar-refractivity contribution in [1.82, 2.24) is 0 Å². The number of nitrogens with one attached hydrogen (secondary N) is 1. The number of carbonyl (C=O) groups is 2. The molecule has 0 aromatic heterocycles. The standard InChI is InChI=1S/C15H17NO3/c1-10-6-8-11(9-7-10)16-14(17)12-4-2-3-5-13(12)15(18)19/h2-3,6-9,12-13H,4-5H2,1H3,(H,16,17)(H,18,19)/p-1/t12-,13-/m1/s1. The van der Waals surface area contributed by atoms with Gasteiger partial charge in [0.1, 0.15) is 0 Å². The van der Waals surface area contributed by atoms with Gasteiger partial charge < -0.3 is 15.2 Å². The normalized spacial score (nSPS) is 21.9. The van der Waals surface area contributed by atoms with Gasteiger partial charge in [0, 0.05) is 17.6 Å². The summed E-state index contributed by atoms with van der Waals surface area (Å²) in [7, 11) is 0. The molecule has 1 aromatic rings. The van der Waals surface area contributed by atoms with Crippen molar-refractivity contribution in [3.05, 3.63) is 42.0 Å². The highest BCUT2D eigenvalue weighted by Crippen LogP contribution is 2.26. The van der Waals surface area contributed by atoms with Gasteiger partial charge in [-0.2, -0.15) is 0 Å². The van der Waals surface area contributed by atoms with Crippen LogP contribution in [-0.4, -0.2) is 11.9 Å². The molecule has 0 saturated heterocycles. The van der Waals surface area contributed by atoms with Crippen LogP contribution in [0.2, 0.25) is 0 Å². The van der Waals surface area contributed by atoms with E-state index in [1.807, 2.05) is 25.1 Å². The topological polar surface area (TPSA) is 69.2 Å². The van der Waals surface area contributed by atoms with E-state index in [1.54, 1.807) is 18.2 Å². The summed E-state index contributed by atoms with van der Waals surface area (Å²) in [5.41, 5.74) is 1.79. The van der Waals surface area contributed by atoms with Gasteiger partial charge in [0.05, 0.1) is 5.92 Å². The van der Waals surface area contributed by atoms with Gasteiger partial charge in [0.15, 0.2) is 0 Å². The lowest BCUT2D eigenvalue weighted by atomic mass is 9.82. The number of aryl methyl sites for hydroxylation is 1. The van der Waals surface area contributed by atoms with Crippen LogP contribution in [0.25, 0.3) is 0 Å². The predicted molar refractivity (Wildman–Crippen MR) is 70.2 cm³/mol. The molecule has 4 heteroatoms. The van der Waals surface area contributed by atoms with E-state index in [4.69, 9.17) is 0 Å². The summed E-state index contributed by atoms with van der Waals surface area (Å²) in [4.78, 5) is 23.2. The number of allylic oxidation sites excluding steroid dienone is 2. The van der Waals surface area contributed by atoms with Gasteiger partial charge in [-0.05, 0) is 31.9 Å². The average molecular weight is 258 g/mol. The smallest absolute Gasteiger partial charge is 0.228 e. The third kappa shape index (κ3) is 3.22. The summed E-state index contributed by atoms with van der Waals surface area (Å²) in [6.07, 6.45) is 4.43. The molecule has 0 radical (unpaired) electrons. The zero-order valence-corrected chi connectivity index (χ0v) is 10.8. The summed E-state index contributed by atoms with van der Waals surface area (Å²) in [5.74, 6) is -2.72. The number of amides is 1. The quantitative estimate of drug-likeness (QED) is 0.830. The molecule has 1 aliphatic rings. The Kier molecular flexibility index (Phi) is 4.00. The predicted octanol–water partition coefficient (Wildman–Crippen LogP) is 1.27. The molecule has 0 aliphatic heterocycles. The molecule has 0 unspecified atom stereocenters. The number of hydrogen-bond acceptors (Lipinski definition) is 3. The number of rotatable bonds is 3. The highest BCUT2D eigenvalue weighted by molar-refractivity contribution is 5.95. The fourth-order valence-electron chi connectivity index (χ4n) is 2.24. The molecule has 0 heterocycles. The van der Waals surface area contributed by atoms with Crippen molar-refractivity contribution in [2.75, 3.05) is 5.32 Å². The minimum absolute atomic E-state index is 0.262. The Hall–Kier alpha value is -2.10. The van der Waals surface area contributed by atoms with Crippen molar-refractivity contribution in [2.45, 2.75) is 19.8 Å². The van der Waals surface area contributed by atoms with Crippen molar-refractivity contribution in [1.29, 1.82) is 0 Å². The number of carbonyl (C=O) groups excluding carboxylic acids is 2. The molecule has 1 aliphatic carbocycles. The first kappa shape index (κ1) is 13.3. The maximum absolute atomic E-state index is 12.1. The number of carboxylic acids is 1. The lowest BCUT2D eigenvalue weighted by molar-refractivity contribution is -0.313. The van der Waals surface area contributed by atoms with Crippen LogP contribution in [0.1, 0.15) is 18.4 Å². The summed E-state index contributed by atoms with van der Waals surface area (Å²) in [5, 5.41) is 13.8. The molecule has 4 nitrogen and oxygen atoms in total. The number of aliphatic carboxylic acids is 1. The summed E-state index contributed by atoms with van der Waals surface area (Å²) < 4.78 is 0. The first-order valence-corrected chi connectivity index (χ1v) is 6.31. The first-order chi connectivity index (χ1) is 9.08. The Morgan fingerprint density at radius 3 is 2.26 bits per heavy atom. The lowest BCUT2D eigenvalue weighted by Crippen LogP contribution is -2.41. The molecular weight excluding hydrogens is 242 g/mol. The number of anilines is 1. The third-order valence-electron chi connectivity index (χ3n) is 3.39. The largest absolute Gasteiger partial charge is 0.550 e. The van der Waals surface area contributed by atoms with Crippen LogP contribution < -0.4 is 10.4 Å². The molecule has 1 amide bonds. The maximum atomic E-state index is 12.1. The number of hydrogen-bond donors (Lipinski definition) is 1. The Morgan fingerprint density at radius 2 is 1.68 bits per heavy atom. The zero-order valence-electron chi connectivity index (χ0n) is 10.8. The SMILES string of the molecule is Cc1ccc(NC(=O)[C@@H]2CC=CC[C@H]2C(=O)[O-])cc1. The van der Waals surface area contributed by atoms with Crippen molar-refractivity contribution in [2.24, 2.45) is 11.8 Å². The third-order valence-corrected chi connectivity index (χ3v) is 3.39. The van der Waals surface area contributed by atoms with Crippen molar-refractivity contribution in [3.8, 4) is 0 Å². The molecular formula is C15H16NO3-. The Bertz CT molecular complexity index is 505. The second-order valence-corrected chi connectivity index (χ2v) is 4.83. The molecule has 0 fully saturated rings. The lowest BCUT2D eigenvalue weighted by Gasteiger charge is -2.28. The van der Waals surface area contributed by atoms with Crippen molar-refractivity contribution >= 4 is 17.6 Å². The van der Waals surface area contributed by atoms with Gasteiger partial charge in [-0.25, -0.2) is 0 Å². The molecule has 2 rings (SSSR count). The molecule has 2 atom stereocenters. The van der Waals surface area contributed by atoms with Crippen LogP contribution in [-0.2, 0) is 9.59 Å². The van der Waals surface area contributed by atoms with E-state index in [-0.39, 0.29) is 5.91 Å². The minimum atomic E-state index is -1.16. The fraction of sp³-hybridized carbons (Fsp3) is 0.333. The average Bonchev–Trinajstić information content (AvgIpc) is 2.41. The van der Waals surface area contributed by atoms with Crippen LogP contribution in [0.4, 0.5) is 5.69 Å². The van der Waals surface area contributed by atoms with E-state index < -0.39 is 17.8 Å². The van der Waals surface area contributed by atoms with Crippen LogP contribution >= 0.6 is 0 Å². The second-order valence-electron chi connectivity index (χ2n) is 4.83. The van der Waals surface area contributed by atoms with E-state index in [0.29, 0.717) is 18.5 Å². The van der Waals surface area contributed by atoms with E-state index in [2.05, 4.69) is 5.32 Å². The van der Waals surface area contributed by atoms with Crippen molar-refractivity contribution in [3.63, 3.8) is 0 Å². The van der Waals surface area contributed by atoms with Crippen LogP contribution in [0.5, 0.6) is 0 Å². The Labute approximate surface area is 112 Å². The highest BCUT2D eigenvalue weighted by atomic mass is 16.4. The van der Waals surface area contributed by atoms with E-state index >= 15 is 0 Å². The monoisotopic (exact) mass is 258 g/mol. The van der Waals surface area contributed by atoms with Gasteiger partial charge in [0.25, 0.3) is 0 Å². The highest BCUT2D eigenvalue weighted by Gasteiger charge is 2.29. The Balaban J connectivity index is 2.08. The van der Waals surface area contributed by atoms with Gasteiger partial charge in [-0.15, -0.1) is 0 Å². The molecule has 0 spiro atoms. The number of benzene rings is 1. The zero-order chi connectivity index (χ0) is 13.8. The summed E-state index contributed by atoms with van der Waals surface area (Å²) in [6.45, 7) is 1.96. The second kappa shape index (κ2) is 5.69.